The van der Waals surface area contributed by atoms with E-state index in [1.165, 1.54) is 43.0 Å². The van der Waals surface area contributed by atoms with E-state index in [-0.39, 0.29) is 5.82 Å². The highest BCUT2D eigenvalue weighted by atomic mass is 32.1. The summed E-state index contributed by atoms with van der Waals surface area (Å²) in [5.41, 5.74) is 4.93. The van der Waals surface area contributed by atoms with E-state index in [9.17, 15) is 4.39 Å². The summed E-state index contributed by atoms with van der Waals surface area (Å²) in [5, 5.41) is 1.60. The molecule has 0 unspecified atom stereocenters. The van der Waals surface area contributed by atoms with Crippen LogP contribution in [0, 0.1) is 5.82 Å². The highest BCUT2D eigenvalue weighted by Gasteiger charge is 2.23. The van der Waals surface area contributed by atoms with E-state index in [0.717, 1.165) is 51.7 Å². The molecule has 0 spiro atoms. The van der Waals surface area contributed by atoms with Crippen LogP contribution < -0.4 is 0 Å². The molecular formula is C33H31FN4S. The van der Waals surface area contributed by atoms with Crippen LogP contribution in [0.1, 0.15) is 53.8 Å². The van der Waals surface area contributed by atoms with Crippen molar-refractivity contribution in [3.8, 4) is 0 Å². The molecule has 1 saturated carbocycles. The van der Waals surface area contributed by atoms with Crippen molar-refractivity contribution in [3.05, 3.63) is 125 Å². The van der Waals surface area contributed by atoms with E-state index in [4.69, 9.17) is 15.0 Å². The average molecular weight is 535 g/mol. The van der Waals surface area contributed by atoms with Crippen LogP contribution in [0.25, 0.3) is 10.9 Å². The first-order valence-corrected chi connectivity index (χ1v) is 14.5. The van der Waals surface area contributed by atoms with Crippen molar-refractivity contribution in [1.29, 1.82) is 0 Å². The molecule has 6 heteroatoms. The van der Waals surface area contributed by atoms with Gasteiger partial charge in [-0.15, -0.1) is 0 Å². The normalized spacial score (nSPS) is 14.1. The molecule has 2 heterocycles. The van der Waals surface area contributed by atoms with Crippen molar-refractivity contribution in [2.75, 3.05) is 0 Å². The number of nitrogens with zero attached hydrogens (tertiary/aromatic N) is 4. The standard InChI is InChI=1S/C33H31FN4S/c34-27-17-19-31-26(20-27)16-18-28(36-31)22-38(29-14-8-3-9-15-29)23-30-21-35-33(39-30)37-32(24-10-4-1-5-11-24)25-12-6-2-7-13-25/h1-2,4-7,10-13,16-21,29H,3,8-9,14-15,22-23H2. The van der Waals surface area contributed by atoms with Crippen LogP contribution in [0.4, 0.5) is 9.52 Å². The summed E-state index contributed by atoms with van der Waals surface area (Å²) in [6, 6.07) is 29.9. The van der Waals surface area contributed by atoms with Crippen LogP contribution >= 0.6 is 11.3 Å². The Labute approximate surface area is 232 Å². The number of thiazole rings is 1. The van der Waals surface area contributed by atoms with Gasteiger partial charge < -0.3 is 0 Å². The zero-order valence-corrected chi connectivity index (χ0v) is 22.7. The number of fused-ring (bicyclic) bond motifs is 1. The van der Waals surface area contributed by atoms with Crippen molar-refractivity contribution in [1.82, 2.24) is 14.9 Å². The maximum absolute atomic E-state index is 13.7. The topological polar surface area (TPSA) is 41.4 Å². The van der Waals surface area contributed by atoms with Gasteiger partial charge in [0, 0.05) is 46.7 Å². The highest BCUT2D eigenvalue weighted by Crippen LogP contribution is 2.30. The van der Waals surface area contributed by atoms with Crippen molar-refractivity contribution < 1.29 is 4.39 Å². The van der Waals surface area contributed by atoms with Crippen LogP contribution in [-0.2, 0) is 13.1 Å². The molecule has 0 atom stereocenters. The lowest BCUT2D eigenvalue weighted by Gasteiger charge is -2.33. The van der Waals surface area contributed by atoms with Gasteiger partial charge in [-0.25, -0.2) is 14.4 Å². The summed E-state index contributed by atoms with van der Waals surface area (Å²) in [6.07, 6.45) is 8.22. The van der Waals surface area contributed by atoms with Gasteiger partial charge in [-0.05, 0) is 37.1 Å². The Bertz CT molecular complexity index is 1520. The van der Waals surface area contributed by atoms with Crippen molar-refractivity contribution in [3.63, 3.8) is 0 Å². The van der Waals surface area contributed by atoms with Gasteiger partial charge in [0.25, 0.3) is 0 Å². The van der Waals surface area contributed by atoms with E-state index in [1.54, 1.807) is 23.5 Å². The Kier molecular flexibility index (Phi) is 7.84. The molecule has 3 aromatic carbocycles. The first kappa shape index (κ1) is 25.5. The van der Waals surface area contributed by atoms with Crippen molar-refractivity contribution in [2.45, 2.75) is 51.2 Å². The fourth-order valence-electron chi connectivity index (χ4n) is 5.40. The van der Waals surface area contributed by atoms with Gasteiger partial charge in [0.05, 0.1) is 16.9 Å². The lowest BCUT2D eigenvalue weighted by atomic mass is 9.94. The molecule has 0 bridgehead atoms. The van der Waals surface area contributed by atoms with E-state index in [0.29, 0.717) is 6.04 Å². The Morgan fingerprint density at radius 1 is 0.846 bits per heavy atom. The second-order valence-electron chi connectivity index (χ2n) is 10.1. The smallest absolute Gasteiger partial charge is 0.209 e. The molecule has 1 fully saturated rings. The predicted octanol–water partition coefficient (Wildman–Crippen LogP) is 8.33. The molecule has 6 rings (SSSR count). The lowest BCUT2D eigenvalue weighted by molar-refractivity contribution is 0.139. The zero-order chi connectivity index (χ0) is 26.4. The van der Waals surface area contributed by atoms with Crippen LogP contribution in [0.3, 0.4) is 0 Å². The van der Waals surface area contributed by atoms with Gasteiger partial charge in [0.15, 0.2) is 0 Å². The van der Waals surface area contributed by atoms with Gasteiger partial charge in [0.2, 0.25) is 5.13 Å². The number of aromatic nitrogens is 2. The number of halogens is 1. The number of benzene rings is 3. The minimum absolute atomic E-state index is 0.229. The first-order chi connectivity index (χ1) is 19.2. The van der Waals surface area contributed by atoms with Gasteiger partial charge in [0.1, 0.15) is 5.82 Å². The summed E-state index contributed by atoms with van der Waals surface area (Å²) >= 11 is 1.66. The summed E-state index contributed by atoms with van der Waals surface area (Å²) in [7, 11) is 0. The summed E-state index contributed by atoms with van der Waals surface area (Å²) in [6.45, 7) is 1.57. The second kappa shape index (κ2) is 12.0. The maximum atomic E-state index is 13.7. The van der Waals surface area contributed by atoms with Crippen LogP contribution in [0.15, 0.2) is 102 Å². The number of pyridine rings is 1. The third-order valence-electron chi connectivity index (χ3n) is 7.37. The molecular weight excluding hydrogens is 503 g/mol. The Hall–Kier alpha value is -3.74. The number of hydrogen-bond acceptors (Lipinski definition) is 5. The molecule has 1 aliphatic rings. The van der Waals surface area contributed by atoms with Gasteiger partial charge >= 0.3 is 0 Å². The quantitative estimate of drug-likeness (QED) is 0.188. The molecule has 4 nitrogen and oxygen atoms in total. The van der Waals surface area contributed by atoms with E-state index in [1.807, 2.05) is 54.7 Å². The van der Waals surface area contributed by atoms with Crippen LogP contribution in [0.2, 0.25) is 0 Å². The van der Waals surface area contributed by atoms with Gasteiger partial charge in [-0.3, -0.25) is 9.88 Å². The maximum Gasteiger partial charge on any atom is 0.209 e. The summed E-state index contributed by atoms with van der Waals surface area (Å²) in [5.74, 6) is -0.229. The number of rotatable bonds is 8. The van der Waals surface area contributed by atoms with E-state index in [2.05, 4.69) is 29.2 Å². The zero-order valence-electron chi connectivity index (χ0n) is 21.8. The molecule has 0 aliphatic heterocycles. The molecule has 1 aliphatic carbocycles. The third-order valence-corrected chi connectivity index (χ3v) is 8.24. The minimum atomic E-state index is -0.229. The lowest BCUT2D eigenvalue weighted by Crippen LogP contribution is -2.35. The minimum Gasteiger partial charge on any atom is -0.289 e. The van der Waals surface area contributed by atoms with Gasteiger partial charge in [-0.2, -0.15) is 0 Å². The fraction of sp³-hybridized carbons (Fsp3) is 0.242. The van der Waals surface area contributed by atoms with Crippen molar-refractivity contribution >= 4 is 33.1 Å². The summed E-state index contributed by atoms with van der Waals surface area (Å²) < 4.78 is 13.7. The summed E-state index contributed by atoms with van der Waals surface area (Å²) in [4.78, 5) is 18.3. The average Bonchev–Trinajstić information content (AvgIpc) is 3.44. The van der Waals surface area contributed by atoms with Gasteiger partial charge in [-0.1, -0.05) is 97.3 Å². The Morgan fingerprint density at radius 3 is 2.28 bits per heavy atom. The highest BCUT2D eigenvalue weighted by molar-refractivity contribution is 7.15. The SMILES string of the molecule is Fc1ccc2nc(CN(Cc3cnc(N=C(c4ccccc4)c4ccccc4)s3)C3CCCCC3)ccc2c1. The molecule has 196 valence electrons. The number of aliphatic imine (C=N–C) groups is 1. The molecule has 5 aromatic rings. The van der Waals surface area contributed by atoms with Crippen LogP contribution in [0.5, 0.6) is 0 Å². The fourth-order valence-corrected chi connectivity index (χ4v) is 6.21. The van der Waals surface area contributed by atoms with Crippen molar-refractivity contribution in [2.24, 2.45) is 4.99 Å². The molecule has 0 radical (unpaired) electrons. The molecule has 0 amide bonds. The molecule has 0 N–H and O–H groups in total. The third kappa shape index (κ3) is 6.29. The Balaban J connectivity index is 1.27. The van der Waals surface area contributed by atoms with Crippen LogP contribution in [-0.4, -0.2) is 26.6 Å². The number of hydrogen-bond donors (Lipinski definition) is 0. The Morgan fingerprint density at radius 2 is 1.56 bits per heavy atom. The molecule has 2 aromatic heterocycles. The van der Waals surface area contributed by atoms with E-state index >= 15 is 0 Å². The second-order valence-corrected chi connectivity index (χ2v) is 11.2. The first-order valence-electron chi connectivity index (χ1n) is 13.6. The molecule has 39 heavy (non-hydrogen) atoms. The predicted molar refractivity (Wildman–Crippen MR) is 158 cm³/mol. The molecule has 0 saturated heterocycles. The monoisotopic (exact) mass is 534 g/mol. The largest absolute Gasteiger partial charge is 0.289 e. The van der Waals surface area contributed by atoms with E-state index < -0.39 is 0 Å².